The summed E-state index contributed by atoms with van der Waals surface area (Å²) in [4.78, 5) is 6.60. The van der Waals surface area contributed by atoms with Gasteiger partial charge in [-0.3, -0.25) is 0 Å². The Kier molecular flexibility index (Phi) is 10.7. The van der Waals surface area contributed by atoms with Crippen molar-refractivity contribution in [2.45, 2.75) is 13.0 Å². The Hall–Kier alpha value is -0.0500. The molecule has 1 rings (SSSR count). The molecule has 0 aromatic carbocycles. The van der Waals surface area contributed by atoms with E-state index in [4.69, 9.17) is 21.1 Å². The first-order valence-corrected chi connectivity index (χ1v) is 6.52. The van der Waals surface area contributed by atoms with Crippen molar-refractivity contribution in [3.8, 4) is 0 Å². The van der Waals surface area contributed by atoms with E-state index >= 15 is 0 Å². The Morgan fingerprint density at radius 3 is 2.95 bits per heavy atom. The third-order valence-corrected chi connectivity index (χ3v) is 2.65. The molecule has 0 saturated carbocycles. The quantitative estimate of drug-likeness (QED) is 0.431. The smallest absolute Gasteiger partial charge is 0.194 e. The third kappa shape index (κ3) is 7.34. The van der Waals surface area contributed by atoms with Gasteiger partial charge in [0.1, 0.15) is 0 Å². The van der Waals surface area contributed by atoms with Crippen molar-refractivity contribution in [1.29, 1.82) is 0 Å². The molecule has 1 heterocycles. The maximum absolute atomic E-state index is 5.75. The van der Waals surface area contributed by atoms with E-state index in [0.29, 0.717) is 24.8 Å². The van der Waals surface area contributed by atoms with Crippen LogP contribution in [0, 0.1) is 0 Å². The fraction of sp³-hybridized carbons (Fsp3) is 0.750. The standard InChI is InChI=1S/C12H22ClN3O2.HI/c1-4-14-12(15-7-10(2)13)16-5-6-18-11(8-16)9-17-3;/h11H,2,4-9H2,1,3H3,(H,14,15);1H. The second-order valence-corrected chi connectivity index (χ2v) is 4.62. The molecule has 0 bridgehead atoms. The van der Waals surface area contributed by atoms with Crippen molar-refractivity contribution in [1.82, 2.24) is 10.2 Å². The van der Waals surface area contributed by atoms with Gasteiger partial charge in [-0.2, -0.15) is 0 Å². The lowest BCUT2D eigenvalue weighted by molar-refractivity contribution is -0.0447. The number of methoxy groups -OCH3 is 1. The number of guanidine groups is 1. The van der Waals surface area contributed by atoms with E-state index in [1.54, 1.807) is 7.11 Å². The molecule has 7 heteroatoms. The SMILES string of the molecule is C=C(Cl)CN=C(NCC)N1CCOC(COC)C1.I. The zero-order valence-electron chi connectivity index (χ0n) is 11.5. The molecule has 0 aromatic rings. The second kappa shape index (κ2) is 10.7. The van der Waals surface area contributed by atoms with Gasteiger partial charge >= 0.3 is 0 Å². The molecular weight excluding hydrogens is 381 g/mol. The van der Waals surface area contributed by atoms with Crippen LogP contribution in [0.25, 0.3) is 0 Å². The van der Waals surface area contributed by atoms with Crippen LogP contribution in [0.2, 0.25) is 0 Å². The first-order chi connectivity index (χ1) is 8.67. The number of aliphatic imine (C=N–C) groups is 1. The van der Waals surface area contributed by atoms with Crippen LogP contribution in [-0.4, -0.2) is 63.5 Å². The zero-order chi connectivity index (χ0) is 13.4. The Bertz CT molecular complexity index is 301. The fourth-order valence-corrected chi connectivity index (χ4v) is 1.84. The van der Waals surface area contributed by atoms with Crippen molar-refractivity contribution in [3.05, 3.63) is 11.6 Å². The molecule has 1 unspecified atom stereocenters. The van der Waals surface area contributed by atoms with Crippen molar-refractivity contribution in [3.63, 3.8) is 0 Å². The Morgan fingerprint density at radius 2 is 2.37 bits per heavy atom. The number of halogens is 2. The first-order valence-electron chi connectivity index (χ1n) is 6.14. The molecule has 1 N–H and O–H groups in total. The molecule has 1 saturated heterocycles. The van der Waals surface area contributed by atoms with Crippen LogP contribution in [0.5, 0.6) is 0 Å². The highest BCUT2D eigenvalue weighted by Gasteiger charge is 2.22. The number of ether oxygens (including phenoxy) is 2. The molecule has 1 aliphatic heterocycles. The predicted molar refractivity (Wildman–Crippen MR) is 89.6 cm³/mol. The van der Waals surface area contributed by atoms with Gasteiger partial charge in [0, 0.05) is 31.8 Å². The van der Waals surface area contributed by atoms with Gasteiger partial charge in [0.2, 0.25) is 0 Å². The topological polar surface area (TPSA) is 46.1 Å². The lowest BCUT2D eigenvalue weighted by atomic mass is 10.3. The minimum atomic E-state index is 0. The average Bonchev–Trinajstić information content (AvgIpc) is 2.35. The van der Waals surface area contributed by atoms with Crippen molar-refractivity contribution in [2.75, 3.05) is 46.5 Å². The summed E-state index contributed by atoms with van der Waals surface area (Å²) in [6.07, 6.45) is 0.0896. The molecule has 112 valence electrons. The molecule has 19 heavy (non-hydrogen) atoms. The number of nitrogens with zero attached hydrogens (tertiary/aromatic N) is 2. The molecular formula is C12H23ClIN3O2. The molecule has 1 atom stereocenters. The Morgan fingerprint density at radius 1 is 1.63 bits per heavy atom. The van der Waals surface area contributed by atoms with Crippen LogP contribution >= 0.6 is 35.6 Å². The van der Waals surface area contributed by atoms with Gasteiger partial charge in [-0.1, -0.05) is 18.2 Å². The minimum absolute atomic E-state index is 0. The van der Waals surface area contributed by atoms with Gasteiger partial charge in [-0.05, 0) is 6.92 Å². The molecule has 1 aliphatic rings. The van der Waals surface area contributed by atoms with Gasteiger partial charge in [0.25, 0.3) is 0 Å². The number of hydrogen-bond donors (Lipinski definition) is 1. The number of hydrogen-bond acceptors (Lipinski definition) is 3. The maximum atomic E-state index is 5.75. The van der Waals surface area contributed by atoms with E-state index < -0.39 is 0 Å². The van der Waals surface area contributed by atoms with Gasteiger partial charge in [0.15, 0.2) is 5.96 Å². The highest BCUT2D eigenvalue weighted by molar-refractivity contribution is 14.0. The monoisotopic (exact) mass is 403 g/mol. The van der Waals surface area contributed by atoms with Gasteiger partial charge in [-0.25, -0.2) is 4.99 Å². The summed E-state index contributed by atoms with van der Waals surface area (Å²) in [5.74, 6) is 0.851. The zero-order valence-corrected chi connectivity index (χ0v) is 14.6. The number of rotatable bonds is 5. The average molecular weight is 404 g/mol. The largest absolute Gasteiger partial charge is 0.382 e. The summed E-state index contributed by atoms with van der Waals surface area (Å²) in [5, 5.41) is 3.78. The molecule has 1 fully saturated rings. The van der Waals surface area contributed by atoms with Crippen molar-refractivity contribution in [2.24, 2.45) is 4.99 Å². The second-order valence-electron chi connectivity index (χ2n) is 4.08. The summed E-state index contributed by atoms with van der Waals surface area (Å²) >= 11 is 5.75. The molecule has 0 aromatic heterocycles. The Balaban J connectivity index is 0.00000324. The van der Waals surface area contributed by atoms with E-state index in [1.807, 2.05) is 6.92 Å². The van der Waals surface area contributed by atoms with E-state index in [-0.39, 0.29) is 30.1 Å². The summed E-state index contributed by atoms with van der Waals surface area (Å²) in [5.41, 5.74) is 0. The van der Waals surface area contributed by atoms with Gasteiger partial charge in [-0.15, -0.1) is 24.0 Å². The molecule has 0 radical (unpaired) electrons. The summed E-state index contributed by atoms with van der Waals surface area (Å²) in [7, 11) is 1.68. The summed E-state index contributed by atoms with van der Waals surface area (Å²) in [6, 6.07) is 0. The van der Waals surface area contributed by atoms with Crippen LogP contribution in [-0.2, 0) is 9.47 Å². The van der Waals surface area contributed by atoms with Crippen LogP contribution in [0.15, 0.2) is 16.6 Å². The molecule has 0 aliphatic carbocycles. The molecule has 0 amide bonds. The highest BCUT2D eigenvalue weighted by atomic mass is 127. The van der Waals surface area contributed by atoms with Crippen LogP contribution in [0.3, 0.4) is 0 Å². The maximum Gasteiger partial charge on any atom is 0.194 e. The van der Waals surface area contributed by atoms with E-state index in [1.165, 1.54) is 0 Å². The van der Waals surface area contributed by atoms with Gasteiger partial charge in [0.05, 0.1) is 25.9 Å². The van der Waals surface area contributed by atoms with E-state index in [9.17, 15) is 0 Å². The molecule has 5 nitrogen and oxygen atoms in total. The first kappa shape index (κ1) is 18.9. The number of morpholine rings is 1. The van der Waals surface area contributed by atoms with Gasteiger partial charge < -0.3 is 19.7 Å². The summed E-state index contributed by atoms with van der Waals surface area (Å²) in [6.45, 7) is 9.80. The fourth-order valence-electron chi connectivity index (χ4n) is 1.78. The summed E-state index contributed by atoms with van der Waals surface area (Å²) < 4.78 is 10.7. The lowest BCUT2D eigenvalue weighted by Gasteiger charge is -2.34. The predicted octanol–water partition coefficient (Wildman–Crippen LogP) is 1.67. The van der Waals surface area contributed by atoms with Crippen LogP contribution in [0.4, 0.5) is 0 Å². The molecule has 0 spiro atoms. The highest BCUT2D eigenvalue weighted by Crippen LogP contribution is 2.07. The Labute approximate surface area is 137 Å². The normalized spacial score (nSPS) is 19.8. The van der Waals surface area contributed by atoms with Crippen LogP contribution < -0.4 is 5.32 Å². The van der Waals surface area contributed by atoms with E-state index in [2.05, 4.69) is 21.8 Å². The van der Waals surface area contributed by atoms with Crippen molar-refractivity contribution >= 4 is 41.5 Å². The van der Waals surface area contributed by atoms with Crippen LogP contribution in [0.1, 0.15) is 6.92 Å². The number of nitrogens with one attached hydrogen (secondary N) is 1. The van der Waals surface area contributed by atoms with E-state index in [0.717, 1.165) is 25.6 Å². The third-order valence-electron chi connectivity index (χ3n) is 2.53. The van der Waals surface area contributed by atoms with Crippen molar-refractivity contribution < 1.29 is 9.47 Å². The minimum Gasteiger partial charge on any atom is -0.382 e. The lowest BCUT2D eigenvalue weighted by Crippen LogP contribution is -2.51.